The monoisotopic (exact) mass is 331 g/mol. The molecule has 0 aromatic carbocycles. The Balaban J connectivity index is 2.31. The van der Waals surface area contributed by atoms with E-state index < -0.39 is 0 Å². The maximum atomic E-state index is 6.11. The number of halogens is 1. The number of hydrogen-bond acceptors (Lipinski definition) is 5. The maximum absolute atomic E-state index is 6.11. The number of pyridine rings is 1. The Kier molecular flexibility index (Phi) is 6.33. The molecule has 112 valence electrons. The number of rotatable bonds is 5. The van der Waals surface area contributed by atoms with Crippen molar-refractivity contribution in [3.05, 3.63) is 22.8 Å². The van der Waals surface area contributed by atoms with E-state index in [4.69, 9.17) is 17.3 Å². The highest BCUT2D eigenvalue weighted by Gasteiger charge is 2.33. The number of nitrogens with zero attached hydrogens (tertiary/aromatic N) is 1. The molecule has 1 aromatic heterocycles. The summed E-state index contributed by atoms with van der Waals surface area (Å²) in [5, 5.41) is 5.40. The zero-order chi connectivity index (χ0) is 14.5. The highest BCUT2D eigenvalue weighted by atomic mass is 35.5. The lowest BCUT2D eigenvalue weighted by atomic mass is 10.0. The van der Waals surface area contributed by atoms with Crippen LogP contribution >= 0.6 is 35.1 Å². The zero-order valence-electron chi connectivity index (χ0n) is 11.9. The zero-order valence-corrected chi connectivity index (χ0v) is 14.3. The Morgan fingerprint density at radius 2 is 2.20 bits per heavy atom. The maximum Gasteiger partial charge on any atom is 0.128 e. The Hall–Kier alpha value is -0.100. The van der Waals surface area contributed by atoms with Gasteiger partial charge in [-0.05, 0) is 19.0 Å². The minimum atomic E-state index is 0.217. The molecular formula is C14H22ClN3S2. The number of nitrogens with one attached hydrogen (secondary N) is 1. The summed E-state index contributed by atoms with van der Waals surface area (Å²) in [5.74, 6) is 3.02. The van der Waals surface area contributed by atoms with Crippen molar-refractivity contribution >= 4 is 40.9 Å². The largest absolute Gasteiger partial charge is 0.383 e. The topological polar surface area (TPSA) is 50.9 Å². The molecule has 2 rings (SSSR count). The van der Waals surface area contributed by atoms with Crippen molar-refractivity contribution in [3.8, 4) is 0 Å². The first-order valence-electron chi connectivity index (χ1n) is 7.04. The first-order chi connectivity index (χ1) is 9.67. The fourth-order valence-electron chi connectivity index (χ4n) is 2.58. The van der Waals surface area contributed by atoms with Crippen molar-refractivity contribution in [1.82, 2.24) is 10.3 Å². The van der Waals surface area contributed by atoms with E-state index in [-0.39, 0.29) is 6.04 Å². The first kappa shape index (κ1) is 16.3. The second-order valence-corrected chi connectivity index (χ2v) is 7.89. The van der Waals surface area contributed by atoms with Crippen molar-refractivity contribution < 1.29 is 0 Å². The minimum absolute atomic E-state index is 0.217. The predicted octanol–water partition coefficient (Wildman–Crippen LogP) is 3.60. The third-order valence-electron chi connectivity index (χ3n) is 3.50. The lowest BCUT2D eigenvalue weighted by Crippen LogP contribution is -2.39. The van der Waals surface area contributed by atoms with Crippen molar-refractivity contribution in [2.75, 3.05) is 23.8 Å². The van der Waals surface area contributed by atoms with Crippen molar-refractivity contribution in [1.29, 1.82) is 0 Å². The molecular weight excluding hydrogens is 310 g/mol. The summed E-state index contributed by atoms with van der Waals surface area (Å²) in [5.41, 5.74) is 7.13. The molecule has 2 heterocycles. The van der Waals surface area contributed by atoms with E-state index in [2.05, 4.69) is 35.9 Å². The third kappa shape index (κ3) is 3.75. The van der Waals surface area contributed by atoms with E-state index in [1.807, 2.05) is 17.8 Å². The third-order valence-corrected chi connectivity index (χ3v) is 7.06. The van der Waals surface area contributed by atoms with Crippen LogP contribution in [0.25, 0.3) is 0 Å². The normalized spacial score (nSPS) is 24.6. The van der Waals surface area contributed by atoms with Gasteiger partial charge in [-0.3, -0.25) is 0 Å². The van der Waals surface area contributed by atoms with E-state index in [0.717, 1.165) is 12.1 Å². The number of nitrogen functional groups attached to an aromatic ring is 1. The summed E-state index contributed by atoms with van der Waals surface area (Å²) in [7, 11) is 0. The molecule has 1 aliphatic rings. The fourth-order valence-corrected chi connectivity index (χ4v) is 5.99. The SMILES string of the molecule is CCNC(c1cc(Cl)cnc1N)C1SCCSC1CC. The number of hydrogen-bond donors (Lipinski definition) is 2. The van der Waals surface area contributed by atoms with Gasteiger partial charge in [-0.15, -0.1) is 0 Å². The Morgan fingerprint density at radius 1 is 1.45 bits per heavy atom. The van der Waals surface area contributed by atoms with Gasteiger partial charge in [0.1, 0.15) is 5.82 Å². The van der Waals surface area contributed by atoms with Gasteiger partial charge in [0.25, 0.3) is 0 Å². The number of nitrogens with two attached hydrogens (primary N) is 1. The summed E-state index contributed by atoms with van der Waals surface area (Å²) in [6, 6.07) is 2.18. The highest BCUT2D eigenvalue weighted by Crippen LogP contribution is 2.41. The molecule has 3 N–H and O–H groups in total. The Morgan fingerprint density at radius 3 is 2.90 bits per heavy atom. The van der Waals surface area contributed by atoms with Gasteiger partial charge in [-0.25, -0.2) is 4.98 Å². The van der Waals surface area contributed by atoms with Crippen LogP contribution in [0.1, 0.15) is 31.9 Å². The molecule has 1 aliphatic heterocycles. The van der Waals surface area contributed by atoms with Crippen molar-refractivity contribution in [2.45, 2.75) is 36.8 Å². The van der Waals surface area contributed by atoms with Crippen LogP contribution in [0.15, 0.2) is 12.3 Å². The molecule has 3 atom stereocenters. The van der Waals surface area contributed by atoms with E-state index in [9.17, 15) is 0 Å². The van der Waals surface area contributed by atoms with Crippen LogP contribution in [-0.4, -0.2) is 33.5 Å². The van der Waals surface area contributed by atoms with Gasteiger partial charge in [0.05, 0.1) is 5.02 Å². The van der Waals surface area contributed by atoms with E-state index in [0.29, 0.717) is 21.3 Å². The van der Waals surface area contributed by atoms with Gasteiger partial charge in [0, 0.05) is 39.8 Å². The molecule has 1 aromatic rings. The van der Waals surface area contributed by atoms with E-state index in [1.54, 1.807) is 6.20 Å². The quantitative estimate of drug-likeness (QED) is 0.863. The molecule has 1 fully saturated rings. The first-order valence-corrected chi connectivity index (χ1v) is 9.52. The van der Waals surface area contributed by atoms with Gasteiger partial charge >= 0.3 is 0 Å². The average Bonchev–Trinajstić information content (AvgIpc) is 2.47. The van der Waals surface area contributed by atoms with Crippen LogP contribution in [0.2, 0.25) is 5.02 Å². The van der Waals surface area contributed by atoms with Crippen molar-refractivity contribution in [3.63, 3.8) is 0 Å². The fraction of sp³-hybridized carbons (Fsp3) is 0.643. The molecule has 3 nitrogen and oxygen atoms in total. The molecule has 0 radical (unpaired) electrons. The molecule has 3 unspecified atom stereocenters. The molecule has 0 amide bonds. The van der Waals surface area contributed by atoms with Crippen LogP contribution in [0.4, 0.5) is 5.82 Å². The number of aromatic nitrogens is 1. The second-order valence-electron chi connectivity index (χ2n) is 4.82. The van der Waals surface area contributed by atoms with Gasteiger partial charge in [-0.1, -0.05) is 25.4 Å². The molecule has 0 bridgehead atoms. The number of anilines is 1. The van der Waals surface area contributed by atoms with Crippen LogP contribution < -0.4 is 11.1 Å². The second kappa shape index (κ2) is 7.78. The lowest BCUT2D eigenvalue weighted by Gasteiger charge is -2.36. The number of thioether (sulfide) groups is 2. The van der Waals surface area contributed by atoms with Crippen LogP contribution in [0.3, 0.4) is 0 Å². The standard InChI is InChI=1S/C14H22ClN3S2/c1-3-11-13(20-6-5-19-11)12(17-4-2)10-7-9(15)8-18-14(10)16/h7-8,11-13,17H,3-6H2,1-2H3,(H2,16,18). The Labute approximate surface area is 134 Å². The molecule has 0 saturated carbocycles. The van der Waals surface area contributed by atoms with Crippen molar-refractivity contribution in [2.24, 2.45) is 0 Å². The summed E-state index contributed by atoms with van der Waals surface area (Å²) >= 11 is 10.2. The minimum Gasteiger partial charge on any atom is -0.383 e. The lowest BCUT2D eigenvalue weighted by molar-refractivity contribution is 0.513. The summed E-state index contributed by atoms with van der Waals surface area (Å²) < 4.78 is 0. The smallest absolute Gasteiger partial charge is 0.128 e. The van der Waals surface area contributed by atoms with Gasteiger partial charge < -0.3 is 11.1 Å². The molecule has 1 saturated heterocycles. The van der Waals surface area contributed by atoms with E-state index >= 15 is 0 Å². The van der Waals surface area contributed by atoms with Gasteiger partial charge in [0.15, 0.2) is 0 Å². The van der Waals surface area contributed by atoms with Crippen LogP contribution in [-0.2, 0) is 0 Å². The average molecular weight is 332 g/mol. The molecule has 20 heavy (non-hydrogen) atoms. The molecule has 0 aliphatic carbocycles. The summed E-state index contributed by atoms with van der Waals surface area (Å²) in [4.78, 5) is 4.22. The summed E-state index contributed by atoms with van der Waals surface area (Å²) in [6.07, 6.45) is 2.79. The molecule has 0 spiro atoms. The van der Waals surface area contributed by atoms with Gasteiger partial charge in [-0.2, -0.15) is 23.5 Å². The molecule has 6 heteroatoms. The van der Waals surface area contributed by atoms with Gasteiger partial charge in [0.2, 0.25) is 0 Å². The predicted molar refractivity (Wildman–Crippen MR) is 92.9 cm³/mol. The van der Waals surface area contributed by atoms with Crippen LogP contribution in [0.5, 0.6) is 0 Å². The Bertz CT molecular complexity index is 444. The van der Waals surface area contributed by atoms with Crippen LogP contribution in [0, 0.1) is 0 Å². The summed E-state index contributed by atoms with van der Waals surface area (Å²) in [6.45, 7) is 5.30. The highest BCUT2D eigenvalue weighted by molar-refractivity contribution is 8.07. The van der Waals surface area contributed by atoms with E-state index in [1.165, 1.54) is 17.9 Å².